The number of carbonyl (C=O) groups excluding carboxylic acids is 1. The predicted octanol–water partition coefficient (Wildman–Crippen LogP) is 5.75. The Morgan fingerprint density at radius 1 is 1.07 bits per heavy atom. The van der Waals surface area contributed by atoms with Gasteiger partial charge in [-0.15, -0.1) is 0 Å². The maximum absolute atomic E-state index is 13.8. The Morgan fingerprint density at radius 3 is 2.41 bits per heavy atom. The largest absolute Gasteiger partial charge is 0.338 e. The second-order valence-corrected chi connectivity index (χ2v) is 7.69. The van der Waals surface area contributed by atoms with Crippen LogP contribution in [0.5, 0.6) is 0 Å². The van der Waals surface area contributed by atoms with Crippen LogP contribution in [0.2, 0.25) is 0 Å². The van der Waals surface area contributed by atoms with E-state index in [1.807, 2.05) is 49.1 Å². The summed E-state index contributed by atoms with van der Waals surface area (Å²) >= 11 is 0. The van der Waals surface area contributed by atoms with Gasteiger partial charge in [0.05, 0.1) is 0 Å². The van der Waals surface area contributed by atoms with Gasteiger partial charge in [0.1, 0.15) is 11.6 Å². The molecule has 0 aliphatic rings. The van der Waals surface area contributed by atoms with Crippen LogP contribution in [-0.4, -0.2) is 17.4 Å². The highest BCUT2D eigenvalue weighted by Gasteiger charge is 2.31. The number of aryl methyl sites for hydroxylation is 1. The summed E-state index contributed by atoms with van der Waals surface area (Å²) < 4.78 is 26.9. The first-order chi connectivity index (χ1) is 12.8. The zero-order chi connectivity index (χ0) is 19.9. The fourth-order valence-corrected chi connectivity index (χ4v) is 3.40. The Morgan fingerprint density at radius 2 is 1.78 bits per heavy atom. The molecule has 0 spiro atoms. The van der Waals surface area contributed by atoms with E-state index in [0.717, 1.165) is 24.5 Å². The molecule has 0 aliphatic heterocycles. The Hall–Kier alpha value is -2.23. The van der Waals surface area contributed by atoms with Crippen LogP contribution in [0.3, 0.4) is 0 Å². The molecule has 2 aromatic rings. The lowest BCUT2D eigenvalue weighted by Gasteiger charge is -2.32. The van der Waals surface area contributed by atoms with E-state index >= 15 is 0 Å². The number of amides is 1. The standard InChI is InChI=1S/C23H29F2NO/c1-4-14-23(2,3)22(27)26(17-18-9-6-5-7-10-18)15-8-11-19-12-13-20(24)16-21(19)25/h5-7,9-10,12-13,16H,4,8,11,14-15,17H2,1-3H3. The second kappa shape index (κ2) is 9.63. The number of hydrogen-bond donors (Lipinski definition) is 0. The highest BCUT2D eigenvalue weighted by Crippen LogP contribution is 2.26. The van der Waals surface area contributed by atoms with Crippen LogP contribution in [-0.2, 0) is 17.8 Å². The van der Waals surface area contributed by atoms with E-state index in [9.17, 15) is 13.6 Å². The highest BCUT2D eigenvalue weighted by atomic mass is 19.1. The van der Waals surface area contributed by atoms with Gasteiger partial charge in [0, 0.05) is 24.6 Å². The third-order valence-electron chi connectivity index (χ3n) is 4.85. The molecule has 0 saturated heterocycles. The van der Waals surface area contributed by atoms with Gasteiger partial charge in [-0.05, 0) is 36.5 Å². The zero-order valence-corrected chi connectivity index (χ0v) is 16.5. The van der Waals surface area contributed by atoms with Gasteiger partial charge in [-0.2, -0.15) is 0 Å². The smallest absolute Gasteiger partial charge is 0.228 e. The minimum atomic E-state index is -0.571. The molecule has 0 aromatic heterocycles. The summed E-state index contributed by atoms with van der Waals surface area (Å²) in [5, 5.41) is 0. The maximum Gasteiger partial charge on any atom is 0.228 e. The lowest BCUT2D eigenvalue weighted by molar-refractivity contribution is -0.141. The molecule has 0 unspecified atom stereocenters. The van der Waals surface area contributed by atoms with Crippen molar-refractivity contribution in [1.29, 1.82) is 0 Å². The number of carbonyl (C=O) groups is 1. The molecule has 0 radical (unpaired) electrons. The van der Waals surface area contributed by atoms with Crippen LogP contribution in [0.15, 0.2) is 48.5 Å². The average Bonchev–Trinajstić information content (AvgIpc) is 2.63. The summed E-state index contributed by atoms with van der Waals surface area (Å²) in [6, 6.07) is 13.6. The van der Waals surface area contributed by atoms with Gasteiger partial charge in [0.2, 0.25) is 5.91 Å². The van der Waals surface area contributed by atoms with E-state index in [2.05, 4.69) is 6.92 Å². The molecule has 2 rings (SSSR count). The molecule has 0 heterocycles. The maximum atomic E-state index is 13.8. The molecule has 0 saturated carbocycles. The fraction of sp³-hybridized carbons (Fsp3) is 0.435. The van der Waals surface area contributed by atoms with Crippen LogP contribution in [0.4, 0.5) is 8.78 Å². The summed E-state index contributed by atoms with van der Waals surface area (Å²) in [7, 11) is 0. The summed E-state index contributed by atoms with van der Waals surface area (Å²) in [6.07, 6.45) is 2.87. The quantitative estimate of drug-likeness (QED) is 0.548. The van der Waals surface area contributed by atoms with E-state index in [4.69, 9.17) is 0 Å². The first-order valence-electron chi connectivity index (χ1n) is 9.60. The number of benzene rings is 2. The first-order valence-corrected chi connectivity index (χ1v) is 9.60. The molecule has 0 aliphatic carbocycles. The highest BCUT2D eigenvalue weighted by molar-refractivity contribution is 5.81. The van der Waals surface area contributed by atoms with Crippen LogP contribution < -0.4 is 0 Å². The Bertz CT molecular complexity index is 743. The van der Waals surface area contributed by atoms with Gasteiger partial charge in [-0.1, -0.05) is 63.6 Å². The van der Waals surface area contributed by atoms with Gasteiger partial charge >= 0.3 is 0 Å². The van der Waals surface area contributed by atoms with Crippen molar-refractivity contribution in [2.24, 2.45) is 5.41 Å². The predicted molar refractivity (Wildman–Crippen MR) is 105 cm³/mol. The monoisotopic (exact) mass is 373 g/mol. The van der Waals surface area contributed by atoms with E-state index in [-0.39, 0.29) is 5.91 Å². The van der Waals surface area contributed by atoms with Crippen molar-refractivity contribution < 1.29 is 13.6 Å². The Kier molecular flexibility index (Phi) is 7.52. The molecule has 0 fully saturated rings. The van der Waals surface area contributed by atoms with Crippen molar-refractivity contribution in [3.05, 3.63) is 71.3 Å². The van der Waals surface area contributed by atoms with Crippen molar-refractivity contribution in [3.8, 4) is 0 Å². The normalized spacial score (nSPS) is 11.4. The van der Waals surface area contributed by atoms with Gasteiger partial charge in [0.15, 0.2) is 0 Å². The summed E-state index contributed by atoms with van der Waals surface area (Å²) in [6.45, 7) is 7.12. The number of rotatable bonds is 9. The minimum absolute atomic E-state index is 0.118. The third kappa shape index (κ3) is 6.16. The van der Waals surface area contributed by atoms with Gasteiger partial charge in [-0.25, -0.2) is 8.78 Å². The topological polar surface area (TPSA) is 20.3 Å². The summed E-state index contributed by atoms with van der Waals surface area (Å²) in [5.41, 5.74) is 1.13. The Labute approximate surface area is 161 Å². The summed E-state index contributed by atoms with van der Waals surface area (Å²) in [5.74, 6) is -0.978. The molecule has 0 N–H and O–H groups in total. The van der Waals surface area contributed by atoms with Crippen molar-refractivity contribution >= 4 is 5.91 Å². The van der Waals surface area contributed by atoms with Crippen molar-refractivity contribution in [3.63, 3.8) is 0 Å². The molecule has 0 bridgehead atoms. The van der Waals surface area contributed by atoms with Crippen molar-refractivity contribution in [2.45, 2.75) is 53.0 Å². The van der Waals surface area contributed by atoms with Crippen LogP contribution in [0, 0.1) is 17.0 Å². The zero-order valence-electron chi connectivity index (χ0n) is 16.5. The van der Waals surface area contributed by atoms with Crippen LogP contribution >= 0.6 is 0 Å². The third-order valence-corrected chi connectivity index (χ3v) is 4.85. The van der Waals surface area contributed by atoms with Crippen LogP contribution in [0.25, 0.3) is 0 Å². The molecule has 1 amide bonds. The van der Waals surface area contributed by atoms with Gasteiger partial charge in [-0.3, -0.25) is 4.79 Å². The second-order valence-electron chi connectivity index (χ2n) is 7.69. The molecular formula is C23H29F2NO. The van der Waals surface area contributed by atoms with Crippen molar-refractivity contribution in [2.75, 3.05) is 6.54 Å². The van der Waals surface area contributed by atoms with Gasteiger partial charge < -0.3 is 4.90 Å². The molecular weight excluding hydrogens is 344 g/mol. The van der Waals surface area contributed by atoms with E-state index < -0.39 is 17.0 Å². The number of nitrogens with zero attached hydrogens (tertiary/aromatic N) is 1. The summed E-state index contributed by atoms with van der Waals surface area (Å²) in [4.78, 5) is 15.0. The van der Waals surface area contributed by atoms with Crippen molar-refractivity contribution in [1.82, 2.24) is 4.90 Å². The Balaban J connectivity index is 2.08. The van der Waals surface area contributed by atoms with E-state index in [0.29, 0.717) is 31.5 Å². The average molecular weight is 373 g/mol. The van der Waals surface area contributed by atoms with E-state index in [1.54, 1.807) is 0 Å². The fourth-order valence-electron chi connectivity index (χ4n) is 3.40. The molecule has 2 nitrogen and oxygen atoms in total. The molecule has 27 heavy (non-hydrogen) atoms. The molecule has 146 valence electrons. The van der Waals surface area contributed by atoms with E-state index in [1.165, 1.54) is 12.1 Å². The molecule has 4 heteroatoms. The SMILES string of the molecule is CCCC(C)(C)C(=O)N(CCCc1ccc(F)cc1F)Cc1ccccc1. The lowest BCUT2D eigenvalue weighted by Crippen LogP contribution is -2.41. The molecule has 2 aromatic carbocycles. The van der Waals surface area contributed by atoms with Crippen LogP contribution in [0.1, 0.15) is 51.2 Å². The number of halogens is 2. The number of hydrogen-bond acceptors (Lipinski definition) is 1. The first kappa shape index (κ1) is 21.1. The minimum Gasteiger partial charge on any atom is -0.338 e. The lowest BCUT2D eigenvalue weighted by atomic mass is 9.86. The van der Waals surface area contributed by atoms with Gasteiger partial charge in [0.25, 0.3) is 0 Å². The molecule has 0 atom stereocenters.